The number of benzene rings is 1. The standard InChI is InChI=1S/C10H11NO2/c1-12-8-4-3-7-5-6-11-9(7)10(8)13-2/h3-6,11H,1-2H3. The van der Waals surface area contributed by atoms with Gasteiger partial charge < -0.3 is 14.5 Å². The third-order valence-electron chi connectivity index (χ3n) is 2.07. The lowest BCUT2D eigenvalue weighted by molar-refractivity contribution is 0.358. The molecule has 1 aromatic heterocycles. The maximum atomic E-state index is 5.25. The summed E-state index contributed by atoms with van der Waals surface area (Å²) in [6, 6.07) is 5.89. The smallest absolute Gasteiger partial charge is 0.184 e. The van der Waals surface area contributed by atoms with Gasteiger partial charge in [0.2, 0.25) is 0 Å². The maximum Gasteiger partial charge on any atom is 0.184 e. The molecular formula is C10H11NO2. The minimum Gasteiger partial charge on any atom is -0.493 e. The van der Waals surface area contributed by atoms with Crippen LogP contribution in [-0.2, 0) is 0 Å². The van der Waals surface area contributed by atoms with Gasteiger partial charge in [-0.2, -0.15) is 0 Å². The van der Waals surface area contributed by atoms with Gasteiger partial charge in [-0.05, 0) is 18.2 Å². The number of hydrogen-bond donors (Lipinski definition) is 1. The summed E-state index contributed by atoms with van der Waals surface area (Å²) >= 11 is 0. The molecular weight excluding hydrogens is 166 g/mol. The molecule has 3 heteroatoms. The number of nitrogens with one attached hydrogen (secondary N) is 1. The minimum absolute atomic E-state index is 0.748. The molecule has 0 atom stereocenters. The van der Waals surface area contributed by atoms with E-state index in [1.807, 2.05) is 24.4 Å². The Morgan fingerprint density at radius 2 is 1.92 bits per heavy atom. The van der Waals surface area contributed by atoms with E-state index in [0.717, 1.165) is 22.4 Å². The molecule has 13 heavy (non-hydrogen) atoms. The Kier molecular flexibility index (Phi) is 1.85. The third kappa shape index (κ3) is 1.13. The van der Waals surface area contributed by atoms with Crippen LogP contribution in [-0.4, -0.2) is 19.2 Å². The summed E-state index contributed by atoms with van der Waals surface area (Å²) < 4.78 is 10.4. The third-order valence-corrected chi connectivity index (χ3v) is 2.07. The van der Waals surface area contributed by atoms with Gasteiger partial charge in [-0.25, -0.2) is 0 Å². The summed E-state index contributed by atoms with van der Waals surface area (Å²) in [5, 5.41) is 1.12. The minimum atomic E-state index is 0.748. The lowest BCUT2D eigenvalue weighted by Gasteiger charge is -2.07. The SMILES string of the molecule is COc1ccc2cc[nH]c2c1OC. The first-order valence-corrected chi connectivity index (χ1v) is 4.05. The van der Waals surface area contributed by atoms with E-state index in [4.69, 9.17) is 9.47 Å². The molecule has 3 nitrogen and oxygen atoms in total. The van der Waals surface area contributed by atoms with E-state index in [2.05, 4.69) is 4.98 Å². The highest BCUT2D eigenvalue weighted by atomic mass is 16.5. The monoisotopic (exact) mass is 177 g/mol. The van der Waals surface area contributed by atoms with E-state index < -0.39 is 0 Å². The van der Waals surface area contributed by atoms with Gasteiger partial charge >= 0.3 is 0 Å². The van der Waals surface area contributed by atoms with E-state index in [9.17, 15) is 0 Å². The molecule has 0 aliphatic rings. The lowest BCUT2D eigenvalue weighted by Crippen LogP contribution is -1.90. The normalized spacial score (nSPS) is 10.3. The van der Waals surface area contributed by atoms with E-state index in [1.165, 1.54) is 0 Å². The van der Waals surface area contributed by atoms with Crippen LogP contribution >= 0.6 is 0 Å². The van der Waals surface area contributed by atoms with Crippen LogP contribution in [0.25, 0.3) is 10.9 Å². The zero-order valence-electron chi connectivity index (χ0n) is 7.63. The van der Waals surface area contributed by atoms with Crippen molar-refractivity contribution in [1.82, 2.24) is 4.98 Å². The lowest BCUT2D eigenvalue weighted by atomic mass is 10.2. The first-order valence-electron chi connectivity index (χ1n) is 4.05. The van der Waals surface area contributed by atoms with Crippen LogP contribution in [0.3, 0.4) is 0 Å². The molecule has 1 aromatic carbocycles. The van der Waals surface area contributed by atoms with Crippen LogP contribution < -0.4 is 9.47 Å². The first-order chi connectivity index (χ1) is 6.36. The summed E-state index contributed by atoms with van der Waals surface area (Å²) in [6.07, 6.45) is 1.88. The summed E-state index contributed by atoms with van der Waals surface area (Å²) in [5.41, 5.74) is 0.974. The molecule has 0 saturated carbocycles. The number of aromatic nitrogens is 1. The molecule has 0 unspecified atom stereocenters. The van der Waals surface area contributed by atoms with Gasteiger partial charge in [-0.3, -0.25) is 0 Å². The Morgan fingerprint density at radius 3 is 2.62 bits per heavy atom. The number of fused-ring (bicyclic) bond motifs is 1. The van der Waals surface area contributed by atoms with Crippen molar-refractivity contribution in [3.05, 3.63) is 24.4 Å². The molecule has 2 aromatic rings. The van der Waals surface area contributed by atoms with Crippen LogP contribution in [0.4, 0.5) is 0 Å². The fraction of sp³-hybridized carbons (Fsp3) is 0.200. The van der Waals surface area contributed by atoms with Gasteiger partial charge in [0, 0.05) is 11.6 Å². The van der Waals surface area contributed by atoms with Gasteiger partial charge in [0.25, 0.3) is 0 Å². The van der Waals surface area contributed by atoms with Crippen molar-refractivity contribution >= 4 is 10.9 Å². The molecule has 0 saturated heterocycles. The molecule has 0 aliphatic carbocycles. The zero-order valence-corrected chi connectivity index (χ0v) is 7.63. The average Bonchev–Trinajstić information content (AvgIpc) is 2.63. The Labute approximate surface area is 76.3 Å². The predicted molar refractivity (Wildman–Crippen MR) is 51.4 cm³/mol. The number of methoxy groups -OCH3 is 2. The number of aromatic amines is 1. The number of hydrogen-bond acceptors (Lipinski definition) is 2. The second-order valence-electron chi connectivity index (χ2n) is 2.74. The molecule has 1 N–H and O–H groups in total. The van der Waals surface area contributed by atoms with Crippen molar-refractivity contribution in [3.63, 3.8) is 0 Å². The van der Waals surface area contributed by atoms with Gasteiger partial charge in [0.1, 0.15) is 0 Å². The van der Waals surface area contributed by atoms with Crippen LogP contribution in [0, 0.1) is 0 Å². The highest BCUT2D eigenvalue weighted by Gasteiger charge is 2.08. The Hall–Kier alpha value is -1.64. The van der Waals surface area contributed by atoms with Crippen molar-refractivity contribution in [2.75, 3.05) is 14.2 Å². The molecule has 1 heterocycles. The first kappa shape index (κ1) is 7.98. The van der Waals surface area contributed by atoms with Crippen LogP contribution in [0.15, 0.2) is 24.4 Å². The maximum absolute atomic E-state index is 5.25. The van der Waals surface area contributed by atoms with Crippen LogP contribution in [0.1, 0.15) is 0 Å². The average molecular weight is 177 g/mol. The Balaban J connectivity index is 2.74. The largest absolute Gasteiger partial charge is 0.493 e. The molecule has 2 rings (SSSR count). The van der Waals surface area contributed by atoms with E-state index in [0.29, 0.717) is 0 Å². The molecule has 68 valence electrons. The van der Waals surface area contributed by atoms with E-state index >= 15 is 0 Å². The summed E-state index contributed by atoms with van der Waals surface area (Å²) in [5.74, 6) is 1.50. The van der Waals surface area contributed by atoms with Crippen molar-refractivity contribution in [3.8, 4) is 11.5 Å². The molecule has 0 fully saturated rings. The fourth-order valence-electron chi connectivity index (χ4n) is 1.44. The Bertz CT molecular complexity index is 420. The summed E-state index contributed by atoms with van der Waals surface area (Å²) in [7, 11) is 3.27. The number of rotatable bonds is 2. The molecule has 0 aliphatic heterocycles. The second-order valence-corrected chi connectivity index (χ2v) is 2.74. The zero-order chi connectivity index (χ0) is 9.26. The fourth-order valence-corrected chi connectivity index (χ4v) is 1.44. The van der Waals surface area contributed by atoms with Crippen LogP contribution in [0.5, 0.6) is 11.5 Å². The van der Waals surface area contributed by atoms with E-state index in [1.54, 1.807) is 14.2 Å². The summed E-state index contributed by atoms with van der Waals surface area (Å²) in [4.78, 5) is 3.11. The topological polar surface area (TPSA) is 34.2 Å². The van der Waals surface area contributed by atoms with Gasteiger partial charge in [-0.1, -0.05) is 0 Å². The predicted octanol–water partition coefficient (Wildman–Crippen LogP) is 2.19. The van der Waals surface area contributed by atoms with E-state index in [-0.39, 0.29) is 0 Å². The van der Waals surface area contributed by atoms with Gasteiger partial charge in [0.15, 0.2) is 11.5 Å². The van der Waals surface area contributed by atoms with Crippen molar-refractivity contribution in [2.45, 2.75) is 0 Å². The van der Waals surface area contributed by atoms with Crippen molar-refractivity contribution in [2.24, 2.45) is 0 Å². The summed E-state index contributed by atoms with van der Waals surface area (Å²) in [6.45, 7) is 0. The molecule has 0 spiro atoms. The highest BCUT2D eigenvalue weighted by Crippen LogP contribution is 2.33. The molecule has 0 radical (unpaired) electrons. The molecule has 0 amide bonds. The number of H-pyrrole nitrogens is 1. The van der Waals surface area contributed by atoms with Crippen molar-refractivity contribution < 1.29 is 9.47 Å². The quantitative estimate of drug-likeness (QED) is 0.762. The van der Waals surface area contributed by atoms with Gasteiger partial charge in [-0.15, -0.1) is 0 Å². The van der Waals surface area contributed by atoms with Crippen molar-refractivity contribution in [1.29, 1.82) is 0 Å². The van der Waals surface area contributed by atoms with Crippen LogP contribution in [0.2, 0.25) is 0 Å². The second kappa shape index (κ2) is 3.01. The van der Waals surface area contributed by atoms with Gasteiger partial charge in [0.05, 0.1) is 19.7 Å². The highest BCUT2D eigenvalue weighted by molar-refractivity contribution is 5.87. The molecule has 0 bridgehead atoms. The Morgan fingerprint density at radius 1 is 1.08 bits per heavy atom. The number of ether oxygens (including phenoxy) is 2.